The fraction of sp³-hybridized carbons (Fsp3) is 0.714. The summed E-state index contributed by atoms with van der Waals surface area (Å²) in [7, 11) is 2.01. The molecule has 108 valence electrons. The second kappa shape index (κ2) is 7.28. The Morgan fingerprint density at radius 3 is 2.58 bits per heavy atom. The first-order valence-electron chi connectivity index (χ1n) is 6.96. The molecule has 5 heteroatoms. The molecule has 1 heterocycles. The molecule has 5 nitrogen and oxygen atoms in total. The predicted octanol–water partition coefficient (Wildman–Crippen LogP) is 2.03. The first kappa shape index (κ1) is 15.7. The third kappa shape index (κ3) is 5.03. The van der Waals surface area contributed by atoms with Crippen LogP contribution in [0, 0.1) is 12.8 Å². The predicted molar refractivity (Wildman–Crippen MR) is 81.6 cm³/mol. The molecule has 1 atom stereocenters. The number of aryl methyl sites for hydroxylation is 1. The number of likely N-dealkylation sites (N-methyl/N-ethyl adjacent to an activating group) is 1. The van der Waals surface area contributed by atoms with Crippen LogP contribution in [0.1, 0.15) is 33.0 Å². The minimum Gasteiger partial charge on any atom is -0.370 e. The van der Waals surface area contributed by atoms with Gasteiger partial charge in [-0.2, -0.15) is 0 Å². The van der Waals surface area contributed by atoms with Crippen LogP contribution in [-0.2, 0) is 0 Å². The van der Waals surface area contributed by atoms with E-state index in [2.05, 4.69) is 41.0 Å². The quantitative estimate of drug-likeness (QED) is 0.789. The number of rotatable bonds is 7. The van der Waals surface area contributed by atoms with Gasteiger partial charge in [-0.05, 0) is 26.2 Å². The molecule has 0 radical (unpaired) electrons. The third-order valence-corrected chi connectivity index (χ3v) is 3.22. The molecule has 0 aliphatic carbocycles. The smallest absolute Gasteiger partial charge is 0.134 e. The zero-order chi connectivity index (χ0) is 14.4. The Labute approximate surface area is 116 Å². The molecule has 19 heavy (non-hydrogen) atoms. The fourth-order valence-electron chi connectivity index (χ4n) is 1.70. The van der Waals surface area contributed by atoms with Gasteiger partial charge in [-0.3, -0.25) is 0 Å². The van der Waals surface area contributed by atoms with Crippen LogP contribution in [0.2, 0.25) is 0 Å². The highest BCUT2D eigenvalue weighted by Crippen LogP contribution is 2.16. The Morgan fingerprint density at radius 1 is 1.32 bits per heavy atom. The Hall–Kier alpha value is -1.36. The van der Waals surface area contributed by atoms with E-state index in [9.17, 15) is 0 Å². The second-order valence-electron chi connectivity index (χ2n) is 5.46. The van der Waals surface area contributed by atoms with E-state index in [1.54, 1.807) is 0 Å². The maximum atomic E-state index is 5.70. The van der Waals surface area contributed by atoms with Crippen LogP contribution in [0.15, 0.2) is 6.07 Å². The molecule has 1 unspecified atom stereocenters. The lowest BCUT2D eigenvalue weighted by Crippen LogP contribution is -2.36. The van der Waals surface area contributed by atoms with E-state index in [1.165, 1.54) is 0 Å². The number of nitrogens with one attached hydrogen (secondary N) is 1. The number of nitrogens with two attached hydrogens (primary N) is 1. The largest absolute Gasteiger partial charge is 0.370 e. The highest BCUT2D eigenvalue weighted by Gasteiger charge is 2.11. The molecule has 0 fully saturated rings. The summed E-state index contributed by atoms with van der Waals surface area (Å²) < 4.78 is 0. The maximum absolute atomic E-state index is 5.70. The van der Waals surface area contributed by atoms with Crippen molar-refractivity contribution in [1.82, 2.24) is 9.97 Å². The van der Waals surface area contributed by atoms with Crippen LogP contribution in [0.5, 0.6) is 0 Å². The minimum absolute atomic E-state index is 0.262. The molecule has 0 bridgehead atoms. The van der Waals surface area contributed by atoms with Crippen molar-refractivity contribution >= 4 is 11.6 Å². The first-order valence-corrected chi connectivity index (χ1v) is 6.96. The molecule has 0 aliphatic heterocycles. The standard InChI is InChI=1S/C14H27N5/c1-10(2)6-7-16-13-8-14(18-12(4)17-13)19(5)11(3)9-15/h8,10-11H,6-7,9,15H2,1-5H3,(H,16,17,18). The number of nitrogens with zero attached hydrogens (tertiary/aromatic N) is 3. The SMILES string of the molecule is Cc1nc(NCCC(C)C)cc(N(C)C(C)CN)n1. The summed E-state index contributed by atoms with van der Waals surface area (Å²) in [5, 5.41) is 3.36. The summed E-state index contributed by atoms with van der Waals surface area (Å²) in [6.07, 6.45) is 1.13. The van der Waals surface area contributed by atoms with Crippen LogP contribution in [0.4, 0.5) is 11.6 Å². The summed E-state index contributed by atoms with van der Waals surface area (Å²) >= 11 is 0. The Morgan fingerprint density at radius 2 is 2.00 bits per heavy atom. The Bertz CT molecular complexity index is 391. The fourth-order valence-corrected chi connectivity index (χ4v) is 1.70. The van der Waals surface area contributed by atoms with Crippen LogP contribution in [0.3, 0.4) is 0 Å². The van der Waals surface area contributed by atoms with Gasteiger partial charge in [0.25, 0.3) is 0 Å². The van der Waals surface area contributed by atoms with Crippen LogP contribution in [-0.4, -0.2) is 36.1 Å². The number of anilines is 2. The number of aromatic nitrogens is 2. The number of hydrogen-bond acceptors (Lipinski definition) is 5. The van der Waals surface area contributed by atoms with Crippen molar-refractivity contribution in [2.45, 2.75) is 40.2 Å². The summed E-state index contributed by atoms with van der Waals surface area (Å²) in [4.78, 5) is 11.0. The molecular formula is C14H27N5. The lowest BCUT2D eigenvalue weighted by atomic mass is 10.1. The van der Waals surface area contributed by atoms with Gasteiger partial charge in [0, 0.05) is 32.2 Å². The van der Waals surface area contributed by atoms with Crippen molar-refractivity contribution < 1.29 is 0 Å². The van der Waals surface area contributed by atoms with Gasteiger partial charge in [0.05, 0.1) is 0 Å². The Balaban J connectivity index is 2.76. The molecule has 1 rings (SSSR count). The van der Waals surface area contributed by atoms with E-state index < -0.39 is 0 Å². The van der Waals surface area contributed by atoms with Gasteiger partial charge in [-0.1, -0.05) is 13.8 Å². The normalized spacial score (nSPS) is 12.6. The van der Waals surface area contributed by atoms with Crippen LogP contribution >= 0.6 is 0 Å². The first-order chi connectivity index (χ1) is 8.93. The lowest BCUT2D eigenvalue weighted by Gasteiger charge is -2.25. The van der Waals surface area contributed by atoms with Crippen molar-refractivity contribution in [3.8, 4) is 0 Å². The average Bonchev–Trinajstić information content (AvgIpc) is 2.35. The summed E-state index contributed by atoms with van der Waals surface area (Å²) in [5.41, 5.74) is 5.70. The van der Waals surface area contributed by atoms with E-state index in [0.29, 0.717) is 12.5 Å². The van der Waals surface area contributed by atoms with E-state index in [4.69, 9.17) is 5.73 Å². The van der Waals surface area contributed by atoms with Gasteiger partial charge in [-0.25, -0.2) is 9.97 Å². The molecular weight excluding hydrogens is 238 g/mol. The molecule has 0 amide bonds. The highest BCUT2D eigenvalue weighted by molar-refractivity contribution is 5.49. The van der Waals surface area contributed by atoms with E-state index in [-0.39, 0.29) is 6.04 Å². The number of hydrogen-bond donors (Lipinski definition) is 2. The van der Waals surface area contributed by atoms with Gasteiger partial charge in [-0.15, -0.1) is 0 Å². The highest BCUT2D eigenvalue weighted by atomic mass is 15.2. The average molecular weight is 265 g/mol. The lowest BCUT2D eigenvalue weighted by molar-refractivity contribution is 0.606. The van der Waals surface area contributed by atoms with Gasteiger partial charge in [0.2, 0.25) is 0 Å². The summed E-state index contributed by atoms with van der Waals surface area (Å²) in [5.74, 6) is 3.27. The maximum Gasteiger partial charge on any atom is 0.134 e. The van der Waals surface area contributed by atoms with E-state index >= 15 is 0 Å². The van der Waals surface area contributed by atoms with Gasteiger partial charge in [0.1, 0.15) is 17.5 Å². The molecule has 0 saturated carbocycles. The molecule has 1 aromatic heterocycles. The van der Waals surface area contributed by atoms with Crippen LogP contribution < -0.4 is 16.0 Å². The summed E-state index contributed by atoms with van der Waals surface area (Å²) in [6.45, 7) is 9.98. The van der Waals surface area contributed by atoms with Crippen molar-refractivity contribution in [3.63, 3.8) is 0 Å². The van der Waals surface area contributed by atoms with E-state index in [1.807, 2.05) is 20.0 Å². The van der Waals surface area contributed by atoms with Crippen molar-refractivity contribution in [3.05, 3.63) is 11.9 Å². The monoisotopic (exact) mass is 265 g/mol. The topological polar surface area (TPSA) is 67.1 Å². The molecule has 1 aromatic rings. The van der Waals surface area contributed by atoms with Crippen molar-refractivity contribution in [2.24, 2.45) is 11.7 Å². The third-order valence-electron chi connectivity index (χ3n) is 3.22. The van der Waals surface area contributed by atoms with Gasteiger partial charge >= 0.3 is 0 Å². The van der Waals surface area contributed by atoms with Crippen molar-refractivity contribution in [2.75, 3.05) is 30.4 Å². The zero-order valence-corrected chi connectivity index (χ0v) is 12.8. The zero-order valence-electron chi connectivity index (χ0n) is 12.8. The molecule has 3 N–H and O–H groups in total. The molecule has 0 saturated heterocycles. The van der Waals surface area contributed by atoms with Crippen molar-refractivity contribution in [1.29, 1.82) is 0 Å². The van der Waals surface area contributed by atoms with E-state index in [0.717, 1.165) is 30.4 Å². The van der Waals surface area contributed by atoms with Crippen LogP contribution in [0.25, 0.3) is 0 Å². The molecule has 0 aliphatic rings. The Kier molecular flexibility index (Phi) is 6.02. The second-order valence-corrected chi connectivity index (χ2v) is 5.46. The van der Waals surface area contributed by atoms with Gasteiger partial charge in [0.15, 0.2) is 0 Å². The summed E-state index contributed by atoms with van der Waals surface area (Å²) in [6, 6.07) is 2.25. The minimum atomic E-state index is 0.262. The van der Waals surface area contributed by atoms with Gasteiger partial charge < -0.3 is 16.0 Å². The molecule has 0 aromatic carbocycles. The molecule has 0 spiro atoms.